The fourth-order valence-electron chi connectivity index (χ4n) is 2.88. The summed E-state index contributed by atoms with van der Waals surface area (Å²) >= 11 is 5.56. The average molecular weight is 407 g/mol. The Labute approximate surface area is 171 Å². The van der Waals surface area contributed by atoms with Crippen molar-refractivity contribution in [3.8, 4) is 5.75 Å². The van der Waals surface area contributed by atoms with Crippen molar-refractivity contribution in [2.24, 2.45) is 0 Å². The third kappa shape index (κ3) is 6.47. The molecule has 1 aromatic heterocycles. The van der Waals surface area contributed by atoms with Crippen molar-refractivity contribution in [1.82, 2.24) is 20.1 Å². The fourth-order valence-corrected chi connectivity index (χ4v) is 3.14. The van der Waals surface area contributed by atoms with Crippen LogP contribution >= 0.6 is 12.2 Å². The van der Waals surface area contributed by atoms with Gasteiger partial charge in [-0.2, -0.15) is 0 Å². The molecular weight excluding hydrogens is 376 g/mol. The number of hydrogen-bond acceptors (Lipinski definition) is 5. The van der Waals surface area contributed by atoms with E-state index < -0.39 is 0 Å². The molecule has 2 rings (SSSR count). The summed E-state index contributed by atoms with van der Waals surface area (Å²) in [5, 5.41) is 4.79. The zero-order chi connectivity index (χ0) is 20.5. The molecule has 1 heterocycles. The number of fused-ring (bicyclic) bond motifs is 1. The van der Waals surface area contributed by atoms with Crippen LogP contribution in [0.4, 0.5) is 0 Å². The number of benzene rings is 1. The standard InChI is InChI=1S/C20H30N4O3S/c1-23(2)9-5-10-24(20(28)21-8-11-26-3)14-16-12-15-6-7-17(27-4)13-18(15)22-19(16)25/h6-7,12-13H,5,8-11,14H2,1-4H3,(H,21,28)(H,22,25). The van der Waals surface area contributed by atoms with Gasteiger partial charge in [0.2, 0.25) is 0 Å². The van der Waals surface area contributed by atoms with Crippen molar-refractivity contribution >= 4 is 28.2 Å². The van der Waals surface area contributed by atoms with Gasteiger partial charge in [-0.05, 0) is 62.9 Å². The molecule has 8 heteroatoms. The van der Waals surface area contributed by atoms with Crippen molar-refractivity contribution < 1.29 is 9.47 Å². The summed E-state index contributed by atoms with van der Waals surface area (Å²) in [6.07, 6.45) is 0.946. The molecule has 2 aromatic rings. The minimum Gasteiger partial charge on any atom is -0.497 e. The minimum absolute atomic E-state index is 0.113. The second kappa shape index (κ2) is 11.0. The van der Waals surface area contributed by atoms with Gasteiger partial charge in [0.15, 0.2) is 5.11 Å². The Bertz CT molecular complexity index is 838. The van der Waals surface area contributed by atoms with Crippen LogP contribution in [0.3, 0.4) is 0 Å². The maximum absolute atomic E-state index is 12.6. The number of methoxy groups -OCH3 is 2. The molecule has 154 valence electrons. The summed E-state index contributed by atoms with van der Waals surface area (Å²) in [7, 11) is 7.35. The molecular formula is C20H30N4O3S. The van der Waals surface area contributed by atoms with E-state index in [-0.39, 0.29) is 5.56 Å². The second-order valence-corrected chi connectivity index (χ2v) is 7.27. The first-order valence-electron chi connectivity index (χ1n) is 9.31. The summed E-state index contributed by atoms with van der Waals surface area (Å²) in [6, 6.07) is 7.58. The molecule has 0 aliphatic rings. The van der Waals surface area contributed by atoms with Crippen LogP contribution in [-0.4, -0.2) is 74.5 Å². The number of nitrogens with zero attached hydrogens (tertiary/aromatic N) is 2. The SMILES string of the molecule is COCCNC(=S)N(CCCN(C)C)Cc1cc2ccc(OC)cc2[nH]c1=O. The number of pyridine rings is 1. The summed E-state index contributed by atoms with van der Waals surface area (Å²) in [6.45, 7) is 3.36. The average Bonchev–Trinajstić information content (AvgIpc) is 2.67. The highest BCUT2D eigenvalue weighted by molar-refractivity contribution is 7.80. The lowest BCUT2D eigenvalue weighted by atomic mass is 10.1. The molecule has 0 saturated heterocycles. The van der Waals surface area contributed by atoms with Gasteiger partial charge in [0.05, 0.1) is 25.8 Å². The van der Waals surface area contributed by atoms with E-state index in [1.54, 1.807) is 14.2 Å². The topological polar surface area (TPSA) is 69.8 Å². The monoisotopic (exact) mass is 406 g/mol. The van der Waals surface area contributed by atoms with E-state index in [0.717, 1.165) is 30.4 Å². The van der Waals surface area contributed by atoms with Crippen LogP contribution in [0.5, 0.6) is 5.75 Å². The number of H-pyrrole nitrogens is 1. The zero-order valence-electron chi connectivity index (χ0n) is 17.1. The van der Waals surface area contributed by atoms with Gasteiger partial charge in [0, 0.05) is 31.8 Å². The summed E-state index contributed by atoms with van der Waals surface area (Å²) in [5.74, 6) is 0.713. The van der Waals surface area contributed by atoms with Gasteiger partial charge in [-0.25, -0.2) is 0 Å². The van der Waals surface area contributed by atoms with Gasteiger partial charge in [-0.3, -0.25) is 4.79 Å². The molecule has 0 saturated carbocycles. The fraction of sp³-hybridized carbons (Fsp3) is 0.500. The number of aromatic amines is 1. The molecule has 0 unspecified atom stereocenters. The third-order valence-corrected chi connectivity index (χ3v) is 4.80. The maximum atomic E-state index is 12.6. The number of thiocarbonyl (C=S) groups is 1. The molecule has 0 aliphatic heterocycles. The summed E-state index contributed by atoms with van der Waals surface area (Å²) < 4.78 is 10.3. The highest BCUT2D eigenvalue weighted by Gasteiger charge is 2.13. The van der Waals surface area contributed by atoms with Gasteiger partial charge in [0.25, 0.3) is 5.56 Å². The number of nitrogens with one attached hydrogen (secondary N) is 2. The summed E-state index contributed by atoms with van der Waals surface area (Å²) in [5.41, 5.74) is 1.32. The van der Waals surface area contributed by atoms with Crippen LogP contribution in [0, 0.1) is 0 Å². The quantitative estimate of drug-likeness (QED) is 0.461. The number of ether oxygens (including phenoxy) is 2. The van der Waals surface area contributed by atoms with Gasteiger partial charge < -0.3 is 29.6 Å². The smallest absolute Gasteiger partial charge is 0.253 e. The molecule has 0 spiro atoms. The molecule has 0 radical (unpaired) electrons. The van der Waals surface area contributed by atoms with Crippen LogP contribution < -0.4 is 15.6 Å². The Balaban J connectivity index is 2.19. The first-order chi connectivity index (χ1) is 13.4. The van der Waals surface area contributed by atoms with Crippen LogP contribution in [0.2, 0.25) is 0 Å². The van der Waals surface area contributed by atoms with E-state index in [4.69, 9.17) is 21.7 Å². The molecule has 0 aliphatic carbocycles. The lowest BCUT2D eigenvalue weighted by molar-refractivity contribution is 0.202. The van der Waals surface area contributed by atoms with Crippen molar-refractivity contribution in [3.05, 3.63) is 40.2 Å². The summed E-state index contributed by atoms with van der Waals surface area (Å²) in [4.78, 5) is 19.7. The second-order valence-electron chi connectivity index (χ2n) is 6.88. The number of hydrogen-bond donors (Lipinski definition) is 2. The normalized spacial score (nSPS) is 11.0. The van der Waals surface area contributed by atoms with E-state index in [2.05, 4.69) is 15.2 Å². The Morgan fingerprint density at radius 1 is 1.21 bits per heavy atom. The first kappa shape index (κ1) is 22.1. The van der Waals surface area contributed by atoms with E-state index in [0.29, 0.717) is 36.1 Å². The molecule has 0 fully saturated rings. The van der Waals surface area contributed by atoms with Crippen LogP contribution in [0.25, 0.3) is 10.9 Å². The largest absolute Gasteiger partial charge is 0.497 e. The van der Waals surface area contributed by atoms with Crippen LogP contribution in [0.15, 0.2) is 29.1 Å². The highest BCUT2D eigenvalue weighted by Crippen LogP contribution is 2.19. The Morgan fingerprint density at radius 2 is 2.00 bits per heavy atom. The lowest BCUT2D eigenvalue weighted by Crippen LogP contribution is -2.42. The molecule has 0 amide bonds. The van der Waals surface area contributed by atoms with Crippen molar-refractivity contribution in [1.29, 1.82) is 0 Å². The predicted octanol–water partition coefficient (Wildman–Crippen LogP) is 1.81. The van der Waals surface area contributed by atoms with Crippen LogP contribution in [0.1, 0.15) is 12.0 Å². The van der Waals surface area contributed by atoms with E-state index in [1.165, 1.54) is 0 Å². The minimum atomic E-state index is -0.113. The first-order valence-corrected chi connectivity index (χ1v) is 9.72. The van der Waals surface area contributed by atoms with Gasteiger partial charge in [-0.1, -0.05) is 0 Å². The van der Waals surface area contributed by atoms with Gasteiger partial charge in [-0.15, -0.1) is 0 Å². The molecule has 28 heavy (non-hydrogen) atoms. The van der Waals surface area contributed by atoms with Gasteiger partial charge >= 0.3 is 0 Å². The van der Waals surface area contributed by atoms with Crippen LogP contribution in [-0.2, 0) is 11.3 Å². The third-order valence-electron chi connectivity index (χ3n) is 4.39. The molecule has 7 nitrogen and oxygen atoms in total. The maximum Gasteiger partial charge on any atom is 0.253 e. The Morgan fingerprint density at radius 3 is 2.68 bits per heavy atom. The van der Waals surface area contributed by atoms with Gasteiger partial charge in [0.1, 0.15) is 5.75 Å². The van der Waals surface area contributed by atoms with Crippen molar-refractivity contribution in [2.45, 2.75) is 13.0 Å². The van der Waals surface area contributed by atoms with Crippen molar-refractivity contribution in [3.63, 3.8) is 0 Å². The lowest BCUT2D eigenvalue weighted by Gasteiger charge is -2.26. The number of aromatic nitrogens is 1. The Hall–Kier alpha value is -2.16. The molecule has 1 aromatic carbocycles. The molecule has 0 atom stereocenters. The predicted molar refractivity (Wildman–Crippen MR) is 117 cm³/mol. The molecule has 0 bridgehead atoms. The molecule has 2 N–H and O–H groups in total. The van der Waals surface area contributed by atoms with E-state index in [9.17, 15) is 4.79 Å². The number of rotatable bonds is 10. The van der Waals surface area contributed by atoms with E-state index in [1.807, 2.05) is 43.3 Å². The van der Waals surface area contributed by atoms with Crippen molar-refractivity contribution in [2.75, 3.05) is 54.6 Å². The zero-order valence-corrected chi connectivity index (χ0v) is 17.9. The van der Waals surface area contributed by atoms with E-state index >= 15 is 0 Å². The highest BCUT2D eigenvalue weighted by atomic mass is 32.1. The Kier molecular flexibility index (Phi) is 8.69.